The summed E-state index contributed by atoms with van der Waals surface area (Å²) < 4.78 is 5.43. The molecule has 1 aliphatic heterocycles. The topological polar surface area (TPSA) is 25.4 Å². The zero-order chi connectivity index (χ0) is 15.9. The first-order chi connectivity index (χ1) is 11.9. The third-order valence-corrected chi connectivity index (χ3v) is 5.77. The SMILES string of the molecule is c1ccc2c(c1)Cc1ccc(-c3csc(N4CCOCC4)n3)cc1-2. The predicted octanol–water partition coefficient (Wildman–Crippen LogP) is 4.22. The fourth-order valence-corrected chi connectivity index (χ4v) is 4.47. The zero-order valence-corrected chi connectivity index (χ0v) is 14.2. The number of fused-ring (bicyclic) bond motifs is 3. The lowest BCUT2D eigenvalue weighted by Crippen LogP contribution is -2.36. The largest absolute Gasteiger partial charge is 0.378 e. The number of ether oxygens (including phenoxy) is 1. The number of morpholine rings is 1. The molecule has 0 N–H and O–H groups in total. The molecule has 1 aromatic heterocycles. The van der Waals surface area contributed by atoms with E-state index in [1.165, 1.54) is 27.8 Å². The Kier molecular flexibility index (Phi) is 3.39. The molecule has 2 aromatic carbocycles. The van der Waals surface area contributed by atoms with Crippen molar-refractivity contribution in [3.8, 4) is 22.4 Å². The van der Waals surface area contributed by atoms with Crippen molar-refractivity contribution in [2.45, 2.75) is 6.42 Å². The summed E-state index contributed by atoms with van der Waals surface area (Å²) in [6, 6.07) is 15.5. The standard InChI is InChI=1S/C20H18N2OS/c1-2-4-17-14(3-1)11-15-5-6-16(12-18(15)17)19-13-24-20(21-19)22-7-9-23-10-8-22/h1-6,12-13H,7-11H2. The molecule has 2 aliphatic rings. The monoisotopic (exact) mass is 334 g/mol. The van der Waals surface area contributed by atoms with Gasteiger partial charge < -0.3 is 9.64 Å². The van der Waals surface area contributed by atoms with E-state index in [4.69, 9.17) is 9.72 Å². The van der Waals surface area contributed by atoms with E-state index in [-0.39, 0.29) is 0 Å². The maximum absolute atomic E-state index is 5.43. The number of hydrogen-bond acceptors (Lipinski definition) is 4. The van der Waals surface area contributed by atoms with Crippen molar-refractivity contribution < 1.29 is 4.74 Å². The minimum atomic E-state index is 0.796. The van der Waals surface area contributed by atoms with Crippen LogP contribution in [0.15, 0.2) is 47.8 Å². The molecule has 24 heavy (non-hydrogen) atoms. The number of hydrogen-bond donors (Lipinski definition) is 0. The molecule has 2 heterocycles. The third kappa shape index (κ3) is 2.34. The van der Waals surface area contributed by atoms with Crippen LogP contribution < -0.4 is 4.90 Å². The first-order valence-electron chi connectivity index (χ1n) is 8.38. The molecule has 3 aromatic rings. The molecule has 4 heteroatoms. The molecule has 0 radical (unpaired) electrons. The second-order valence-electron chi connectivity index (χ2n) is 6.32. The molecule has 0 bridgehead atoms. The molecule has 1 aliphatic carbocycles. The molecule has 5 rings (SSSR count). The van der Waals surface area contributed by atoms with Crippen molar-refractivity contribution in [2.24, 2.45) is 0 Å². The van der Waals surface area contributed by atoms with E-state index >= 15 is 0 Å². The predicted molar refractivity (Wildman–Crippen MR) is 98.8 cm³/mol. The van der Waals surface area contributed by atoms with Crippen LogP contribution in [0.3, 0.4) is 0 Å². The van der Waals surface area contributed by atoms with Gasteiger partial charge in [0, 0.05) is 24.0 Å². The summed E-state index contributed by atoms with van der Waals surface area (Å²) in [7, 11) is 0. The lowest BCUT2D eigenvalue weighted by molar-refractivity contribution is 0.122. The smallest absolute Gasteiger partial charge is 0.186 e. The van der Waals surface area contributed by atoms with Crippen LogP contribution in [0.5, 0.6) is 0 Å². The van der Waals surface area contributed by atoms with E-state index in [0.29, 0.717) is 0 Å². The summed E-state index contributed by atoms with van der Waals surface area (Å²) in [5, 5.41) is 3.28. The summed E-state index contributed by atoms with van der Waals surface area (Å²) in [6.45, 7) is 3.46. The van der Waals surface area contributed by atoms with Crippen molar-refractivity contribution >= 4 is 16.5 Å². The van der Waals surface area contributed by atoms with Crippen LogP contribution >= 0.6 is 11.3 Å². The van der Waals surface area contributed by atoms with Crippen molar-refractivity contribution in [1.82, 2.24) is 4.98 Å². The highest BCUT2D eigenvalue weighted by Crippen LogP contribution is 2.39. The number of anilines is 1. The summed E-state index contributed by atoms with van der Waals surface area (Å²) >= 11 is 1.73. The molecule has 0 saturated carbocycles. The first-order valence-corrected chi connectivity index (χ1v) is 9.26. The van der Waals surface area contributed by atoms with Crippen LogP contribution in [0.2, 0.25) is 0 Å². The van der Waals surface area contributed by atoms with Gasteiger partial charge in [0.25, 0.3) is 0 Å². The maximum atomic E-state index is 5.43. The zero-order valence-electron chi connectivity index (χ0n) is 13.4. The van der Waals surface area contributed by atoms with E-state index in [0.717, 1.165) is 43.5 Å². The Morgan fingerprint density at radius 3 is 2.71 bits per heavy atom. The molecule has 0 spiro atoms. The Morgan fingerprint density at radius 1 is 0.958 bits per heavy atom. The molecule has 0 unspecified atom stereocenters. The Bertz CT molecular complexity index is 896. The van der Waals surface area contributed by atoms with Gasteiger partial charge in [-0.05, 0) is 34.7 Å². The summed E-state index contributed by atoms with van der Waals surface area (Å²) in [6.07, 6.45) is 1.04. The van der Waals surface area contributed by atoms with Gasteiger partial charge in [-0.2, -0.15) is 0 Å². The molecular formula is C20H18N2OS. The van der Waals surface area contributed by atoms with Gasteiger partial charge in [-0.25, -0.2) is 4.98 Å². The lowest BCUT2D eigenvalue weighted by atomic mass is 10.0. The fraction of sp³-hybridized carbons (Fsp3) is 0.250. The van der Waals surface area contributed by atoms with E-state index in [1.54, 1.807) is 11.3 Å². The first kappa shape index (κ1) is 14.2. The highest BCUT2D eigenvalue weighted by Gasteiger charge is 2.20. The van der Waals surface area contributed by atoms with Crippen LogP contribution in [-0.4, -0.2) is 31.3 Å². The highest BCUT2D eigenvalue weighted by molar-refractivity contribution is 7.14. The Labute approximate surface area is 145 Å². The van der Waals surface area contributed by atoms with Crippen LogP contribution in [0.1, 0.15) is 11.1 Å². The molecule has 0 amide bonds. The van der Waals surface area contributed by atoms with Crippen LogP contribution in [0, 0.1) is 0 Å². The van der Waals surface area contributed by atoms with E-state index in [2.05, 4.69) is 52.7 Å². The summed E-state index contributed by atoms with van der Waals surface area (Å²) in [4.78, 5) is 7.19. The lowest BCUT2D eigenvalue weighted by Gasteiger charge is -2.26. The van der Waals surface area contributed by atoms with E-state index in [9.17, 15) is 0 Å². The Hall–Kier alpha value is -2.17. The van der Waals surface area contributed by atoms with Gasteiger partial charge in [-0.15, -0.1) is 11.3 Å². The van der Waals surface area contributed by atoms with Gasteiger partial charge in [-0.3, -0.25) is 0 Å². The van der Waals surface area contributed by atoms with Crippen molar-refractivity contribution in [2.75, 3.05) is 31.2 Å². The molecule has 120 valence electrons. The molecule has 3 nitrogen and oxygen atoms in total. The molecular weight excluding hydrogens is 316 g/mol. The maximum Gasteiger partial charge on any atom is 0.186 e. The molecule has 1 fully saturated rings. The highest BCUT2D eigenvalue weighted by atomic mass is 32.1. The number of aromatic nitrogens is 1. The van der Waals surface area contributed by atoms with Gasteiger partial charge in [0.05, 0.1) is 18.9 Å². The second kappa shape index (κ2) is 5.72. The van der Waals surface area contributed by atoms with Crippen molar-refractivity contribution in [3.05, 3.63) is 59.0 Å². The van der Waals surface area contributed by atoms with E-state index in [1.807, 2.05) is 0 Å². The summed E-state index contributed by atoms with van der Waals surface area (Å²) in [5.74, 6) is 0. The van der Waals surface area contributed by atoms with Gasteiger partial charge in [0.2, 0.25) is 0 Å². The molecule has 0 atom stereocenters. The quantitative estimate of drug-likeness (QED) is 0.549. The van der Waals surface area contributed by atoms with Crippen LogP contribution in [-0.2, 0) is 11.2 Å². The number of thiazole rings is 1. The average Bonchev–Trinajstić information content (AvgIpc) is 3.27. The average molecular weight is 334 g/mol. The third-order valence-electron chi connectivity index (χ3n) is 4.87. The van der Waals surface area contributed by atoms with Crippen LogP contribution in [0.4, 0.5) is 5.13 Å². The second-order valence-corrected chi connectivity index (χ2v) is 7.16. The minimum absolute atomic E-state index is 0.796. The van der Waals surface area contributed by atoms with Gasteiger partial charge >= 0.3 is 0 Å². The van der Waals surface area contributed by atoms with E-state index < -0.39 is 0 Å². The Morgan fingerprint density at radius 2 is 1.79 bits per heavy atom. The van der Waals surface area contributed by atoms with Gasteiger partial charge in [-0.1, -0.05) is 36.4 Å². The van der Waals surface area contributed by atoms with Gasteiger partial charge in [0.15, 0.2) is 5.13 Å². The fourth-order valence-electron chi connectivity index (χ4n) is 3.58. The van der Waals surface area contributed by atoms with Gasteiger partial charge in [0.1, 0.15) is 0 Å². The minimum Gasteiger partial charge on any atom is -0.378 e. The van der Waals surface area contributed by atoms with Crippen molar-refractivity contribution in [3.63, 3.8) is 0 Å². The number of rotatable bonds is 2. The Balaban J connectivity index is 1.50. The number of nitrogens with zero attached hydrogens (tertiary/aromatic N) is 2. The molecule has 1 saturated heterocycles. The normalized spacial score (nSPS) is 16.1. The summed E-state index contributed by atoms with van der Waals surface area (Å²) in [5.41, 5.74) is 7.87. The van der Waals surface area contributed by atoms with Crippen LogP contribution in [0.25, 0.3) is 22.4 Å². The number of benzene rings is 2. The van der Waals surface area contributed by atoms with Crippen molar-refractivity contribution in [1.29, 1.82) is 0 Å².